The molecule has 0 saturated heterocycles. The lowest BCUT2D eigenvalue weighted by atomic mass is 9.98. The predicted octanol–water partition coefficient (Wildman–Crippen LogP) is 4.16. The van der Waals surface area contributed by atoms with Gasteiger partial charge < -0.3 is 10.6 Å². The van der Waals surface area contributed by atoms with Gasteiger partial charge in [-0.15, -0.1) is 0 Å². The Balaban J connectivity index is 1.75. The van der Waals surface area contributed by atoms with Crippen molar-refractivity contribution >= 4 is 11.6 Å². The van der Waals surface area contributed by atoms with Gasteiger partial charge in [0.2, 0.25) is 0 Å². The summed E-state index contributed by atoms with van der Waals surface area (Å²) in [7, 11) is 0. The van der Waals surface area contributed by atoms with Gasteiger partial charge in [-0.3, -0.25) is 4.79 Å². The summed E-state index contributed by atoms with van der Waals surface area (Å²) >= 11 is 0. The highest BCUT2D eigenvalue weighted by Crippen LogP contribution is 2.21. The number of benzene rings is 3. The summed E-state index contributed by atoms with van der Waals surface area (Å²) in [4.78, 5) is 12.7. The Hall–Kier alpha value is -2.91. The molecular weight excluding hydrogens is 344 g/mol. The molecule has 28 heavy (non-hydrogen) atoms. The monoisotopic (exact) mass is 373 g/mol. The van der Waals surface area contributed by atoms with Gasteiger partial charge in [-0.25, -0.2) is 0 Å². The maximum atomic E-state index is 12.7. The highest BCUT2D eigenvalue weighted by Gasteiger charge is 2.19. The number of para-hydroxylation sites is 1. The fourth-order valence-electron chi connectivity index (χ4n) is 3.52. The van der Waals surface area contributed by atoms with E-state index in [1.807, 2.05) is 37.3 Å². The highest BCUT2D eigenvalue weighted by molar-refractivity contribution is 5.93. The SMILES string of the molecule is CCc1cccc(C)c1NC(=O)C[NH2+][C@@H](c1ccccc1)c1ccc(C)cc1. The van der Waals surface area contributed by atoms with Gasteiger partial charge in [0, 0.05) is 16.8 Å². The number of amides is 1. The number of carbonyl (C=O) groups is 1. The van der Waals surface area contributed by atoms with Crippen LogP contribution in [0.1, 0.15) is 40.8 Å². The van der Waals surface area contributed by atoms with E-state index in [1.54, 1.807) is 0 Å². The number of aryl methyl sites for hydroxylation is 3. The Morgan fingerprint density at radius 2 is 1.57 bits per heavy atom. The van der Waals surface area contributed by atoms with Crippen molar-refractivity contribution in [2.75, 3.05) is 11.9 Å². The number of nitrogens with one attached hydrogen (secondary N) is 1. The number of hydrogen-bond donors (Lipinski definition) is 2. The normalized spacial score (nSPS) is 11.8. The van der Waals surface area contributed by atoms with E-state index in [2.05, 4.69) is 66.9 Å². The lowest BCUT2D eigenvalue weighted by Gasteiger charge is -2.18. The molecule has 0 aliphatic rings. The average molecular weight is 374 g/mol. The summed E-state index contributed by atoms with van der Waals surface area (Å²) in [6.45, 7) is 6.61. The molecule has 3 N–H and O–H groups in total. The molecular formula is C25H29N2O+. The molecule has 0 aliphatic heterocycles. The molecule has 3 nitrogen and oxygen atoms in total. The molecule has 0 aliphatic carbocycles. The van der Waals surface area contributed by atoms with Crippen molar-refractivity contribution in [2.45, 2.75) is 33.2 Å². The Bertz CT molecular complexity index is 917. The Morgan fingerprint density at radius 3 is 2.25 bits per heavy atom. The molecule has 144 valence electrons. The van der Waals surface area contributed by atoms with E-state index < -0.39 is 0 Å². The minimum absolute atomic E-state index is 0.0250. The molecule has 0 heterocycles. The lowest BCUT2D eigenvalue weighted by Crippen LogP contribution is -2.87. The molecule has 3 heteroatoms. The van der Waals surface area contributed by atoms with E-state index in [-0.39, 0.29) is 11.9 Å². The third-order valence-electron chi connectivity index (χ3n) is 5.14. The average Bonchev–Trinajstić information content (AvgIpc) is 2.72. The maximum Gasteiger partial charge on any atom is 0.279 e. The topological polar surface area (TPSA) is 45.7 Å². The van der Waals surface area contributed by atoms with Gasteiger partial charge in [-0.1, -0.05) is 85.3 Å². The molecule has 1 atom stereocenters. The van der Waals surface area contributed by atoms with Gasteiger partial charge in [0.1, 0.15) is 6.04 Å². The molecule has 3 aromatic rings. The van der Waals surface area contributed by atoms with E-state index in [4.69, 9.17) is 0 Å². The lowest BCUT2D eigenvalue weighted by molar-refractivity contribution is -0.676. The highest BCUT2D eigenvalue weighted by atomic mass is 16.1. The predicted molar refractivity (Wildman–Crippen MR) is 115 cm³/mol. The second-order valence-corrected chi connectivity index (χ2v) is 7.25. The first kappa shape index (κ1) is 19.8. The van der Waals surface area contributed by atoms with Crippen LogP contribution in [0.4, 0.5) is 5.69 Å². The van der Waals surface area contributed by atoms with Crippen LogP contribution in [-0.2, 0) is 11.2 Å². The van der Waals surface area contributed by atoms with E-state index in [0.29, 0.717) is 6.54 Å². The fraction of sp³-hybridized carbons (Fsp3) is 0.240. The Kier molecular flexibility index (Phi) is 6.62. The molecule has 0 aromatic heterocycles. The van der Waals surface area contributed by atoms with E-state index in [1.165, 1.54) is 22.3 Å². The summed E-state index contributed by atoms with van der Waals surface area (Å²) in [5, 5.41) is 5.24. The first-order valence-electron chi connectivity index (χ1n) is 9.91. The van der Waals surface area contributed by atoms with Crippen LogP contribution in [-0.4, -0.2) is 12.5 Å². The molecule has 0 radical (unpaired) electrons. The van der Waals surface area contributed by atoms with Crippen molar-refractivity contribution in [3.63, 3.8) is 0 Å². The van der Waals surface area contributed by atoms with Crippen LogP contribution in [0.25, 0.3) is 0 Å². The first-order valence-corrected chi connectivity index (χ1v) is 9.91. The fourth-order valence-corrected chi connectivity index (χ4v) is 3.52. The third-order valence-corrected chi connectivity index (χ3v) is 5.14. The van der Waals surface area contributed by atoms with E-state index in [0.717, 1.165) is 17.7 Å². The maximum absolute atomic E-state index is 12.7. The summed E-state index contributed by atoms with van der Waals surface area (Å²) in [5.74, 6) is 0.0250. The van der Waals surface area contributed by atoms with Gasteiger partial charge in [0.25, 0.3) is 5.91 Å². The Labute approximate surface area is 167 Å². The zero-order valence-corrected chi connectivity index (χ0v) is 16.9. The van der Waals surface area contributed by atoms with Gasteiger partial charge in [-0.05, 0) is 31.4 Å². The minimum atomic E-state index is 0.0250. The zero-order chi connectivity index (χ0) is 19.9. The van der Waals surface area contributed by atoms with Crippen molar-refractivity contribution in [2.24, 2.45) is 0 Å². The van der Waals surface area contributed by atoms with Crippen LogP contribution in [0.5, 0.6) is 0 Å². The zero-order valence-electron chi connectivity index (χ0n) is 16.9. The summed E-state index contributed by atoms with van der Waals surface area (Å²) < 4.78 is 0. The quantitative estimate of drug-likeness (QED) is 0.642. The largest absolute Gasteiger partial charge is 0.328 e. The van der Waals surface area contributed by atoms with Crippen LogP contribution in [0.2, 0.25) is 0 Å². The number of rotatable bonds is 7. The van der Waals surface area contributed by atoms with Crippen LogP contribution in [0.3, 0.4) is 0 Å². The Morgan fingerprint density at radius 1 is 0.893 bits per heavy atom. The van der Waals surface area contributed by atoms with Crippen LogP contribution < -0.4 is 10.6 Å². The summed E-state index contributed by atoms with van der Waals surface area (Å²) in [6.07, 6.45) is 0.900. The smallest absolute Gasteiger partial charge is 0.279 e. The molecule has 3 aromatic carbocycles. The van der Waals surface area contributed by atoms with Crippen molar-refractivity contribution in [1.82, 2.24) is 0 Å². The van der Waals surface area contributed by atoms with Gasteiger partial charge >= 0.3 is 0 Å². The van der Waals surface area contributed by atoms with Crippen LogP contribution in [0, 0.1) is 13.8 Å². The van der Waals surface area contributed by atoms with E-state index >= 15 is 0 Å². The summed E-state index contributed by atoms with van der Waals surface area (Å²) in [5.41, 5.74) is 6.87. The number of quaternary nitrogens is 1. The van der Waals surface area contributed by atoms with Gasteiger partial charge in [0.05, 0.1) is 0 Å². The second kappa shape index (κ2) is 9.34. The molecule has 1 amide bonds. The first-order chi connectivity index (χ1) is 13.6. The minimum Gasteiger partial charge on any atom is -0.328 e. The van der Waals surface area contributed by atoms with Crippen molar-refractivity contribution in [3.8, 4) is 0 Å². The van der Waals surface area contributed by atoms with Crippen molar-refractivity contribution < 1.29 is 10.1 Å². The third kappa shape index (κ3) is 4.87. The molecule has 3 rings (SSSR count). The van der Waals surface area contributed by atoms with E-state index in [9.17, 15) is 4.79 Å². The molecule has 0 fully saturated rings. The number of hydrogen-bond acceptors (Lipinski definition) is 1. The van der Waals surface area contributed by atoms with Crippen molar-refractivity contribution in [3.05, 3.63) is 101 Å². The number of carbonyl (C=O) groups excluding carboxylic acids is 1. The molecule has 0 bridgehead atoms. The standard InChI is InChI=1S/C25H28N2O/c1-4-20-12-8-9-19(3)24(20)27-23(28)17-26-25(21-10-6-5-7-11-21)22-15-13-18(2)14-16-22/h5-16,25-26H,4,17H2,1-3H3,(H,27,28)/p+1/t25-/m0/s1. The number of anilines is 1. The summed E-state index contributed by atoms with van der Waals surface area (Å²) in [6, 6.07) is 25.2. The van der Waals surface area contributed by atoms with Crippen LogP contribution in [0.15, 0.2) is 72.8 Å². The van der Waals surface area contributed by atoms with Crippen LogP contribution >= 0.6 is 0 Å². The van der Waals surface area contributed by atoms with Gasteiger partial charge in [-0.2, -0.15) is 0 Å². The van der Waals surface area contributed by atoms with Crippen molar-refractivity contribution in [1.29, 1.82) is 0 Å². The number of nitrogens with two attached hydrogens (primary N) is 1. The molecule has 0 unspecified atom stereocenters. The molecule has 0 spiro atoms. The molecule has 0 saturated carbocycles. The second-order valence-electron chi connectivity index (χ2n) is 7.25. The van der Waals surface area contributed by atoms with Gasteiger partial charge in [0.15, 0.2) is 6.54 Å².